The van der Waals surface area contributed by atoms with Gasteiger partial charge in [0.1, 0.15) is 10.7 Å². The van der Waals surface area contributed by atoms with Crippen molar-refractivity contribution in [3.63, 3.8) is 0 Å². The summed E-state index contributed by atoms with van der Waals surface area (Å²) in [5, 5.41) is 0.598. The molecule has 0 unspecified atom stereocenters. The minimum absolute atomic E-state index is 0.0950. The molecule has 0 radical (unpaired) electrons. The summed E-state index contributed by atoms with van der Waals surface area (Å²) in [6.07, 6.45) is 3.01. The summed E-state index contributed by atoms with van der Waals surface area (Å²) in [5.74, 6) is 0.990. The first-order valence-corrected chi connectivity index (χ1v) is 10.9. The number of thiophene rings is 1. The average Bonchev–Trinajstić information content (AvgIpc) is 3.20. The highest BCUT2D eigenvalue weighted by Gasteiger charge is 2.15. The predicted octanol–water partition coefficient (Wildman–Crippen LogP) is 4.21. The van der Waals surface area contributed by atoms with Crippen LogP contribution in [0.15, 0.2) is 58.3 Å². The Morgan fingerprint density at radius 1 is 1.13 bits per heavy atom. The molecule has 0 bridgehead atoms. The molecule has 6 nitrogen and oxygen atoms in total. The van der Waals surface area contributed by atoms with Crippen LogP contribution in [0.4, 0.5) is 0 Å². The van der Waals surface area contributed by atoms with Crippen LogP contribution in [0, 0.1) is 0 Å². The zero-order chi connectivity index (χ0) is 21.1. The van der Waals surface area contributed by atoms with E-state index in [-0.39, 0.29) is 17.5 Å². The van der Waals surface area contributed by atoms with Crippen molar-refractivity contribution >= 4 is 21.6 Å². The van der Waals surface area contributed by atoms with Gasteiger partial charge in [-0.3, -0.25) is 14.2 Å². The fraction of sp³-hybridized carbons (Fsp3) is 0.261. The van der Waals surface area contributed by atoms with Crippen LogP contribution in [0.3, 0.4) is 0 Å². The maximum Gasteiger partial charge on any atom is 0.262 e. The largest absolute Gasteiger partial charge is 0.488 e. The molecule has 3 heterocycles. The zero-order valence-corrected chi connectivity index (χ0v) is 17.8. The van der Waals surface area contributed by atoms with Crippen molar-refractivity contribution in [2.75, 3.05) is 6.61 Å². The highest BCUT2D eigenvalue weighted by Crippen LogP contribution is 2.31. The van der Waals surface area contributed by atoms with Crippen LogP contribution in [0.5, 0.6) is 5.75 Å². The molecule has 0 aliphatic carbocycles. The number of rotatable bonds is 7. The third-order valence-electron chi connectivity index (χ3n) is 4.83. The minimum Gasteiger partial charge on any atom is -0.488 e. The third kappa shape index (κ3) is 3.93. The second kappa shape index (κ2) is 8.67. The van der Waals surface area contributed by atoms with E-state index in [0.29, 0.717) is 35.7 Å². The lowest BCUT2D eigenvalue weighted by atomic mass is 10.2. The average molecular weight is 422 g/mol. The van der Waals surface area contributed by atoms with E-state index in [1.54, 1.807) is 10.8 Å². The molecule has 1 aromatic carbocycles. The van der Waals surface area contributed by atoms with Gasteiger partial charge < -0.3 is 9.72 Å². The summed E-state index contributed by atoms with van der Waals surface area (Å²) in [6, 6.07) is 13.4. The highest BCUT2D eigenvalue weighted by atomic mass is 32.1. The van der Waals surface area contributed by atoms with Crippen molar-refractivity contribution in [1.82, 2.24) is 14.5 Å². The molecule has 3 aromatic heterocycles. The van der Waals surface area contributed by atoms with Gasteiger partial charge in [0.15, 0.2) is 5.75 Å². The number of pyridine rings is 1. The van der Waals surface area contributed by atoms with Gasteiger partial charge in [0.05, 0.1) is 18.5 Å². The molecule has 4 aromatic rings. The zero-order valence-electron chi connectivity index (χ0n) is 17.0. The fourth-order valence-corrected chi connectivity index (χ4v) is 4.37. The minimum atomic E-state index is -0.195. The number of nitrogens with zero attached hydrogens (tertiary/aromatic N) is 2. The molecule has 0 aliphatic heterocycles. The summed E-state index contributed by atoms with van der Waals surface area (Å²) in [6.45, 7) is 4.70. The van der Waals surface area contributed by atoms with Crippen LogP contribution < -0.4 is 15.7 Å². The Morgan fingerprint density at radius 3 is 2.63 bits per heavy atom. The molecule has 0 saturated heterocycles. The molecule has 0 atom stereocenters. The van der Waals surface area contributed by atoms with Crippen molar-refractivity contribution in [2.45, 2.75) is 33.2 Å². The Balaban J connectivity index is 1.73. The van der Waals surface area contributed by atoms with Crippen molar-refractivity contribution in [3.05, 3.63) is 80.8 Å². The number of hydrogen-bond acceptors (Lipinski definition) is 5. The molecule has 154 valence electrons. The van der Waals surface area contributed by atoms with E-state index < -0.39 is 0 Å². The van der Waals surface area contributed by atoms with Crippen molar-refractivity contribution in [1.29, 1.82) is 0 Å². The van der Waals surface area contributed by atoms with Crippen LogP contribution in [0.25, 0.3) is 20.7 Å². The summed E-state index contributed by atoms with van der Waals surface area (Å²) >= 11 is 1.52. The van der Waals surface area contributed by atoms with E-state index in [9.17, 15) is 9.59 Å². The van der Waals surface area contributed by atoms with Gasteiger partial charge in [-0.2, -0.15) is 0 Å². The summed E-state index contributed by atoms with van der Waals surface area (Å²) in [7, 11) is 0. The number of benzene rings is 1. The third-order valence-corrected chi connectivity index (χ3v) is 5.91. The van der Waals surface area contributed by atoms with E-state index in [1.807, 2.05) is 50.2 Å². The van der Waals surface area contributed by atoms with Crippen molar-refractivity contribution < 1.29 is 4.74 Å². The van der Waals surface area contributed by atoms with Crippen LogP contribution >= 0.6 is 11.3 Å². The lowest BCUT2D eigenvalue weighted by molar-refractivity contribution is 0.313. The van der Waals surface area contributed by atoms with Gasteiger partial charge in [0.25, 0.3) is 5.56 Å². The standard InChI is InChI=1S/C23H23N3O3S/c1-3-10-29-19-13-24-16(11-18(19)27)14-26-21(4-2)25-22-17(23(26)28)12-20(30-22)15-8-6-5-7-9-15/h5-9,11-13H,3-4,10,14H2,1-2H3,(H,24,27). The van der Waals surface area contributed by atoms with Gasteiger partial charge >= 0.3 is 0 Å². The normalized spacial score (nSPS) is 11.1. The molecule has 0 amide bonds. The predicted molar refractivity (Wildman–Crippen MR) is 121 cm³/mol. The number of H-pyrrole nitrogens is 1. The Bertz CT molecular complexity index is 1290. The molecule has 7 heteroatoms. The molecule has 1 N–H and O–H groups in total. The van der Waals surface area contributed by atoms with Crippen molar-refractivity contribution in [3.8, 4) is 16.2 Å². The number of nitrogens with one attached hydrogen (secondary N) is 1. The quantitative estimate of drug-likeness (QED) is 0.485. The van der Waals surface area contributed by atoms with Gasteiger partial charge in [-0.15, -0.1) is 11.3 Å². The van der Waals surface area contributed by atoms with E-state index >= 15 is 0 Å². The molecule has 0 aliphatic rings. The van der Waals surface area contributed by atoms with E-state index in [1.165, 1.54) is 17.4 Å². The smallest absolute Gasteiger partial charge is 0.262 e. The summed E-state index contributed by atoms with van der Waals surface area (Å²) in [5.41, 5.74) is 1.42. The molecule has 0 saturated carbocycles. The Kier molecular flexibility index (Phi) is 5.81. The monoisotopic (exact) mass is 421 g/mol. The van der Waals surface area contributed by atoms with Gasteiger partial charge in [-0.05, 0) is 18.1 Å². The fourth-order valence-electron chi connectivity index (χ4n) is 3.32. The number of aryl methyl sites for hydroxylation is 1. The number of aromatic amines is 1. The number of hydrogen-bond donors (Lipinski definition) is 1. The highest BCUT2D eigenvalue weighted by molar-refractivity contribution is 7.21. The number of ether oxygens (including phenoxy) is 1. The first-order chi connectivity index (χ1) is 14.6. The van der Waals surface area contributed by atoms with E-state index in [0.717, 1.165) is 21.7 Å². The Morgan fingerprint density at radius 2 is 1.93 bits per heavy atom. The molecular formula is C23H23N3O3S. The van der Waals surface area contributed by atoms with Gasteiger partial charge in [0.2, 0.25) is 5.43 Å². The molecule has 0 fully saturated rings. The summed E-state index contributed by atoms with van der Waals surface area (Å²) < 4.78 is 7.08. The lowest BCUT2D eigenvalue weighted by Crippen LogP contribution is -2.26. The van der Waals surface area contributed by atoms with Crippen molar-refractivity contribution in [2.24, 2.45) is 0 Å². The van der Waals surface area contributed by atoms with Crippen LogP contribution in [0.1, 0.15) is 31.8 Å². The lowest BCUT2D eigenvalue weighted by Gasteiger charge is -2.11. The molecule has 4 rings (SSSR count). The van der Waals surface area contributed by atoms with Gasteiger partial charge in [-0.25, -0.2) is 4.98 Å². The van der Waals surface area contributed by atoms with E-state index in [2.05, 4.69) is 4.98 Å². The topological polar surface area (TPSA) is 77.0 Å². The van der Waals surface area contributed by atoms with Crippen LogP contribution in [-0.2, 0) is 13.0 Å². The van der Waals surface area contributed by atoms with Crippen LogP contribution in [-0.4, -0.2) is 21.1 Å². The van der Waals surface area contributed by atoms with E-state index in [4.69, 9.17) is 9.72 Å². The number of aromatic nitrogens is 3. The second-order valence-corrected chi connectivity index (χ2v) is 8.03. The van der Waals surface area contributed by atoms with Gasteiger partial charge in [0, 0.05) is 29.3 Å². The van der Waals surface area contributed by atoms with Crippen LogP contribution in [0.2, 0.25) is 0 Å². The SMILES string of the molecule is CCCOc1c[nH]c(Cn2c(CC)nc3sc(-c4ccccc4)cc3c2=O)cc1=O. The Labute approximate surface area is 177 Å². The summed E-state index contributed by atoms with van der Waals surface area (Å²) in [4.78, 5) is 35.1. The Hall–Kier alpha value is -3.19. The maximum absolute atomic E-state index is 13.3. The second-order valence-electron chi connectivity index (χ2n) is 7.00. The molecular weight excluding hydrogens is 398 g/mol. The number of fused-ring (bicyclic) bond motifs is 1. The van der Waals surface area contributed by atoms with Gasteiger partial charge in [-0.1, -0.05) is 44.2 Å². The maximum atomic E-state index is 13.3. The first kappa shape index (κ1) is 20.1. The molecule has 30 heavy (non-hydrogen) atoms. The molecule has 0 spiro atoms. The first-order valence-electron chi connectivity index (χ1n) is 10.0.